The van der Waals surface area contributed by atoms with Crippen molar-refractivity contribution in [2.24, 2.45) is 5.92 Å². The summed E-state index contributed by atoms with van der Waals surface area (Å²) in [5.41, 5.74) is 0. The molecule has 0 aromatic heterocycles. The van der Waals surface area contributed by atoms with Crippen molar-refractivity contribution in [2.45, 2.75) is 46.5 Å². The molecule has 0 heterocycles. The first-order valence-electron chi connectivity index (χ1n) is 6.29. The zero-order valence-electron chi connectivity index (χ0n) is 11.8. The molecule has 0 atom stereocenters. The van der Waals surface area contributed by atoms with Gasteiger partial charge >= 0.3 is 0 Å². The van der Waals surface area contributed by atoms with Crippen LogP contribution in [0.3, 0.4) is 0 Å². The maximum Gasteiger partial charge on any atom is 0.147 e. The largest absolute Gasteiger partial charge is 0.299 e. The van der Waals surface area contributed by atoms with Crippen molar-refractivity contribution in [3.8, 4) is 0 Å². The van der Waals surface area contributed by atoms with Gasteiger partial charge in [-0.3, -0.25) is 14.4 Å². The molecular formula is C15H22O3Ru. The van der Waals surface area contributed by atoms with Crippen LogP contribution in [0.25, 0.3) is 0 Å². The first kappa shape index (κ1) is 20.4. The molecular weight excluding hydrogens is 329 g/mol. The van der Waals surface area contributed by atoms with Gasteiger partial charge in [-0.25, -0.2) is 0 Å². The fourth-order valence-electron chi connectivity index (χ4n) is 1.73. The van der Waals surface area contributed by atoms with E-state index < -0.39 is 5.92 Å². The SMILES string of the molecule is C1=CCCCCC=C1.CC(=O)C(C(C)=O)C(C)=O.[Ru]. The maximum atomic E-state index is 10.6. The molecule has 0 radical (unpaired) electrons. The predicted octanol–water partition coefficient (Wildman–Crippen LogP) is 3.04. The standard InChI is InChI=1S/C8H12.C7H10O3.Ru/c1-2-4-6-8-7-5-3-1;1-4(8)7(5(2)9)6(3)10;/h1-4H,5-8H2;7H,1-3H3;. The second-order valence-corrected chi connectivity index (χ2v) is 4.41. The molecule has 108 valence electrons. The minimum absolute atomic E-state index is 0. The Balaban J connectivity index is 0. The number of hydrogen-bond acceptors (Lipinski definition) is 3. The van der Waals surface area contributed by atoms with Gasteiger partial charge in [-0.1, -0.05) is 24.3 Å². The smallest absolute Gasteiger partial charge is 0.147 e. The molecule has 0 saturated carbocycles. The third-order valence-corrected chi connectivity index (χ3v) is 2.59. The summed E-state index contributed by atoms with van der Waals surface area (Å²) in [5.74, 6) is -2.15. The van der Waals surface area contributed by atoms with Crippen LogP contribution in [0.5, 0.6) is 0 Å². The molecule has 0 aromatic rings. The number of carbonyl (C=O) groups is 3. The summed E-state index contributed by atoms with van der Waals surface area (Å²) < 4.78 is 0. The molecule has 0 N–H and O–H groups in total. The Labute approximate surface area is 128 Å². The number of allylic oxidation sites excluding steroid dienone is 4. The Bertz CT molecular complexity index is 309. The zero-order chi connectivity index (χ0) is 14.0. The monoisotopic (exact) mass is 352 g/mol. The van der Waals surface area contributed by atoms with E-state index in [2.05, 4.69) is 24.3 Å². The molecule has 1 rings (SSSR count). The summed E-state index contributed by atoms with van der Waals surface area (Å²) >= 11 is 0. The van der Waals surface area contributed by atoms with Crippen LogP contribution in [-0.2, 0) is 33.9 Å². The Morgan fingerprint density at radius 2 is 1.11 bits per heavy atom. The van der Waals surface area contributed by atoms with Gasteiger partial charge in [0, 0.05) is 19.5 Å². The van der Waals surface area contributed by atoms with Crippen molar-refractivity contribution < 1.29 is 33.9 Å². The van der Waals surface area contributed by atoms with Crippen LogP contribution in [-0.4, -0.2) is 17.3 Å². The van der Waals surface area contributed by atoms with Gasteiger partial charge < -0.3 is 0 Å². The normalized spacial score (nSPS) is 13.5. The van der Waals surface area contributed by atoms with Gasteiger partial charge in [0.25, 0.3) is 0 Å². The predicted molar refractivity (Wildman–Crippen MR) is 72.3 cm³/mol. The minimum Gasteiger partial charge on any atom is -0.299 e. The van der Waals surface area contributed by atoms with E-state index in [0.717, 1.165) is 0 Å². The number of carbonyl (C=O) groups excluding carboxylic acids is 3. The van der Waals surface area contributed by atoms with Crippen LogP contribution in [0.15, 0.2) is 24.3 Å². The Kier molecular flexibility index (Phi) is 13.1. The Hall–Kier alpha value is -0.887. The summed E-state index contributed by atoms with van der Waals surface area (Å²) in [4.78, 5) is 31.8. The fourth-order valence-corrected chi connectivity index (χ4v) is 1.73. The fraction of sp³-hybridized carbons (Fsp3) is 0.533. The molecule has 0 aromatic carbocycles. The van der Waals surface area contributed by atoms with Gasteiger partial charge in [0.1, 0.15) is 23.3 Å². The van der Waals surface area contributed by atoms with Crippen LogP contribution in [0, 0.1) is 5.92 Å². The van der Waals surface area contributed by atoms with Crippen molar-refractivity contribution in [3.05, 3.63) is 24.3 Å². The number of Topliss-reactive ketones (excluding diaryl/α,β-unsaturated/α-hetero) is 3. The molecule has 0 saturated heterocycles. The van der Waals surface area contributed by atoms with Gasteiger partial charge in [-0.05, 0) is 46.5 Å². The van der Waals surface area contributed by atoms with Crippen LogP contribution in [0.1, 0.15) is 46.5 Å². The van der Waals surface area contributed by atoms with E-state index in [1.165, 1.54) is 46.5 Å². The Morgan fingerprint density at radius 3 is 1.32 bits per heavy atom. The van der Waals surface area contributed by atoms with E-state index in [1.54, 1.807) is 0 Å². The first-order chi connectivity index (χ1) is 8.46. The molecule has 4 heteroatoms. The van der Waals surface area contributed by atoms with E-state index >= 15 is 0 Å². The van der Waals surface area contributed by atoms with Gasteiger partial charge in [0.05, 0.1) is 0 Å². The summed E-state index contributed by atoms with van der Waals surface area (Å²) in [5, 5.41) is 0. The van der Waals surface area contributed by atoms with Gasteiger partial charge in [0.2, 0.25) is 0 Å². The third kappa shape index (κ3) is 10.7. The average molecular weight is 351 g/mol. The molecule has 0 spiro atoms. The molecule has 1 aliphatic rings. The first-order valence-corrected chi connectivity index (χ1v) is 6.29. The van der Waals surface area contributed by atoms with E-state index in [9.17, 15) is 14.4 Å². The second-order valence-electron chi connectivity index (χ2n) is 4.41. The van der Waals surface area contributed by atoms with Crippen molar-refractivity contribution in [1.82, 2.24) is 0 Å². The minimum atomic E-state index is -1.03. The molecule has 3 nitrogen and oxygen atoms in total. The average Bonchev–Trinajstić information content (AvgIpc) is 2.13. The van der Waals surface area contributed by atoms with E-state index in [4.69, 9.17) is 0 Å². The molecule has 1 aliphatic carbocycles. The molecule has 19 heavy (non-hydrogen) atoms. The summed E-state index contributed by atoms with van der Waals surface area (Å²) in [7, 11) is 0. The van der Waals surface area contributed by atoms with Crippen molar-refractivity contribution in [3.63, 3.8) is 0 Å². The number of rotatable bonds is 3. The van der Waals surface area contributed by atoms with Crippen molar-refractivity contribution >= 4 is 17.3 Å². The number of ketones is 3. The second kappa shape index (κ2) is 12.2. The van der Waals surface area contributed by atoms with Crippen LogP contribution >= 0.6 is 0 Å². The quantitative estimate of drug-likeness (QED) is 0.580. The van der Waals surface area contributed by atoms with Gasteiger partial charge in [0.15, 0.2) is 0 Å². The van der Waals surface area contributed by atoms with Crippen LogP contribution in [0.2, 0.25) is 0 Å². The zero-order valence-corrected chi connectivity index (χ0v) is 13.5. The molecule has 0 amide bonds. The van der Waals surface area contributed by atoms with E-state index in [1.807, 2.05) is 0 Å². The summed E-state index contributed by atoms with van der Waals surface area (Å²) in [6.07, 6.45) is 14.0. The topological polar surface area (TPSA) is 51.2 Å². The van der Waals surface area contributed by atoms with Crippen LogP contribution < -0.4 is 0 Å². The van der Waals surface area contributed by atoms with Crippen molar-refractivity contribution in [2.75, 3.05) is 0 Å². The third-order valence-electron chi connectivity index (χ3n) is 2.59. The Morgan fingerprint density at radius 1 is 0.789 bits per heavy atom. The molecule has 0 unspecified atom stereocenters. The van der Waals surface area contributed by atoms with Gasteiger partial charge in [-0.2, -0.15) is 0 Å². The number of hydrogen-bond donors (Lipinski definition) is 0. The molecule has 0 fully saturated rings. The maximum absolute atomic E-state index is 10.6. The molecule has 0 aliphatic heterocycles. The van der Waals surface area contributed by atoms with Crippen molar-refractivity contribution in [1.29, 1.82) is 0 Å². The van der Waals surface area contributed by atoms with E-state index in [-0.39, 0.29) is 36.8 Å². The molecule has 0 bridgehead atoms. The summed E-state index contributed by atoms with van der Waals surface area (Å²) in [6, 6.07) is 0. The van der Waals surface area contributed by atoms with E-state index in [0.29, 0.717) is 0 Å². The van der Waals surface area contributed by atoms with Gasteiger partial charge in [-0.15, -0.1) is 0 Å². The summed E-state index contributed by atoms with van der Waals surface area (Å²) in [6.45, 7) is 3.73. The van der Waals surface area contributed by atoms with Crippen LogP contribution in [0.4, 0.5) is 0 Å².